The van der Waals surface area contributed by atoms with Crippen LogP contribution < -0.4 is 26.0 Å². The standard InChI is InChI=1S/C49H62ClFN10O5S2/c1-30-40(67-29-55-30)34-12-10-31(11-13-34)25-53-43(62)38-7-6-18-61(38)45(64)41(57-46(65)49(51)16-17-49)48(2,3)68-28-33-9-8-32(23-33)27-59-19-21-60(22-20-59)44(63)35-14-15-37(39(24-35)66-5)56-47-54-26-36(50)42(52-4)58-47/h10-15,24,26,29,32-33,38,41H,6-9,16-23,25,27-28H2,1-5H3,(H,53,62)(H,57,65)(H2,52,54,56,58). The molecule has 2 saturated carbocycles. The zero-order chi connectivity index (χ0) is 48.2. The lowest BCUT2D eigenvalue weighted by molar-refractivity contribution is -0.143. The average molecular weight is 990 g/mol. The van der Waals surface area contributed by atoms with Crippen molar-refractivity contribution in [2.45, 2.75) is 94.8 Å². The highest BCUT2D eigenvalue weighted by molar-refractivity contribution is 8.00. The quantitative estimate of drug-likeness (QED) is 0.0783. The Morgan fingerprint density at radius 3 is 2.46 bits per heavy atom. The summed E-state index contributed by atoms with van der Waals surface area (Å²) in [6.07, 6.45) is 6.15. The molecule has 4 unspecified atom stereocenters. The Morgan fingerprint density at radius 1 is 1.01 bits per heavy atom. The van der Waals surface area contributed by atoms with Crippen LogP contribution in [0.3, 0.4) is 0 Å². The first-order valence-corrected chi connectivity index (χ1v) is 25.8. The summed E-state index contributed by atoms with van der Waals surface area (Å²) < 4.78 is 20.0. The van der Waals surface area contributed by atoms with Gasteiger partial charge < -0.3 is 35.8 Å². The number of piperazine rings is 1. The minimum absolute atomic E-state index is 0.0501. The summed E-state index contributed by atoms with van der Waals surface area (Å²) in [5, 5.41) is 12.4. The highest BCUT2D eigenvalue weighted by Gasteiger charge is 2.54. The molecule has 68 heavy (non-hydrogen) atoms. The Hall–Kier alpha value is -5.04. The van der Waals surface area contributed by atoms with Crippen LogP contribution in [0.2, 0.25) is 5.02 Å². The van der Waals surface area contributed by atoms with E-state index in [0.717, 1.165) is 66.3 Å². The summed E-state index contributed by atoms with van der Waals surface area (Å²) in [6.45, 7) is 10.3. The van der Waals surface area contributed by atoms with Crippen molar-refractivity contribution in [1.82, 2.24) is 40.3 Å². The van der Waals surface area contributed by atoms with Gasteiger partial charge in [0, 0.05) is 63.2 Å². The Bertz CT molecular complexity index is 2470. The largest absolute Gasteiger partial charge is 0.495 e. The molecule has 4 amide bonds. The van der Waals surface area contributed by atoms with Crippen LogP contribution in [-0.4, -0.2) is 135 Å². The molecule has 4 aromatic rings. The second kappa shape index (κ2) is 21.3. The van der Waals surface area contributed by atoms with Crippen LogP contribution in [0.1, 0.15) is 80.4 Å². The van der Waals surface area contributed by atoms with Crippen LogP contribution in [0, 0.1) is 18.8 Å². The lowest BCUT2D eigenvalue weighted by atomic mass is 10.00. The van der Waals surface area contributed by atoms with Crippen molar-refractivity contribution in [2.75, 3.05) is 69.8 Å². The highest BCUT2D eigenvalue weighted by Crippen LogP contribution is 2.42. The zero-order valence-corrected chi connectivity index (χ0v) is 41.8. The first-order chi connectivity index (χ1) is 32.6. The predicted molar refractivity (Wildman–Crippen MR) is 266 cm³/mol. The number of alkyl halides is 1. The summed E-state index contributed by atoms with van der Waals surface area (Å²) in [4.78, 5) is 75.1. The molecule has 2 saturated heterocycles. The number of thioether (sulfide) groups is 1. The summed E-state index contributed by atoms with van der Waals surface area (Å²) in [7, 11) is 3.28. The van der Waals surface area contributed by atoms with Crippen molar-refractivity contribution in [3.63, 3.8) is 0 Å². The lowest BCUT2D eigenvalue weighted by Crippen LogP contribution is -2.61. The molecule has 4 atom stereocenters. The van der Waals surface area contributed by atoms with Gasteiger partial charge in [0.1, 0.15) is 28.7 Å². The van der Waals surface area contributed by atoms with Crippen LogP contribution in [0.4, 0.5) is 21.8 Å². The number of amides is 4. The molecule has 364 valence electrons. The van der Waals surface area contributed by atoms with Crippen molar-refractivity contribution < 1.29 is 28.3 Å². The fourth-order valence-electron chi connectivity index (χ4n) is 9.50. The fourth-order valence-corrected chi connectivity index (χ4v) is 11.8. The summed E-state index contributed by atoms with van der Waals surface area (Å²) >= 11 is 9.37. The highest BCUT2D eigenvalue weighted by atomic mass is 35.5. The zero-order valence-electron chi connectivity index (χ0n) is 39.4. The second-order valence-corrected chi connectivity index (χ2v) is 21.9. The van der Waals surface area contributed by atoms with E-state index in [0.29, 0.717) is 84.6 Å². The lowest BCUT2D eigenvalue weighted by Gasteiger charge is -2.38. The maximum absolute atomic E-state index is 15.2. The minimum atomic E-state index is -1.95. The van der Waals surface area contributed by atoms with Crippen LogP contribution in [-0.2, 0) is 20.9 Å². The van der Waals surface area contributed by atoms with E-state index in [9.17, 15) is 19.2 Å². The Morgan fingerprint density at radius 2 is 1.76 bits per heavy atom. The van der Waals surface area contributed by atoms with E-state index in [2.05, 4.69) is 41.1 Å². The number of aromatic nitrogens is 3. The number of halogens is 2. The Kier molecular flexibility index (Phi) is 15.5. The molecule has 19 heteroatoms. The third-order valence-corrected chi connectivity index (χ3v) is 16.6. The smallest absolute Gasteiger partial charge is 0.258 e. The predicted octanol–water partition coefficient (Wildman–Crippen LogP) is 7.34. The maximum Gasteiger partial charge on any atom is 0.258 e. The number of hydrogen-bond donors (Lipinski definition) is 4. The minimum Gasteiger partial charge on any atom is -0.495 e. The van der Waals surface area contributed by atoms with Crippen LogP contribution in [0.5, 0.6) is 5.75 Å². The number of rotatable bonds is 18. The molecule has 2 aromatic heterocycles. The third-order valence-electron chi connectivity index (χ3n) is 13.8. The summed E-state index contributed by atoms with van der Waals surface area (Å²) in [6, 6.07) is 11.6. The summed E-state index contributed by atoms with van der Waals surface area (Å²) in [5.41, 5.74) is 4.03. The van der Waals surface area contributed by atoms with Gasteiger partial charge in [-0.2, -0.15) is 16.7 Å². The number of ether oxygens (including phenoxy) is 1. The Balaban J connectivity index is 0.815. The molecule has 2 aliphatic carbocycles. The van der Waals surface area contributed by atoms with Crippen molar-refractivity contribution in [2.24, 2.45) is 11.8 Å². The number of carbonyl (C=O) groups is 4. The molecule has 4 N–H and O–H groups in total. The molecule has 0 spiro atoms. The van der Waals surface area contributed by atoms with E-state index in [1.807, 2.05) is 55.4 Å². The number of carbonyl (C=O) groups excluding carboxylic acids is 4. The number of anilines is 3. The number of methoxy groups -OCH3 is 1. The Labute approximate surface area is 411 Å². The molecule has 2 aliphatic heterocycles. The van der Waals surface area contributed by atoms with Gasteiger partial charge in [0.15, 0.2) is 5.67 Å². The SMILES string of the molecule is CNc1nc(Nc2ccc(C(=O)N3CCN(CC4CCC(CSC(C)(C)C(NC(=O)C5(F)CC5)C(=O)N5CCCC5C(=O)NCc5ccc(-c6scnc6C)cc5)C4)CC3)cc2OC)ncc1Cl. The van der Waals surface area contributed by atoms with Gasteiger partial charge in [-0.15, -0.1) is 11.3 Å². The van der Waals surface area contributed by atoms with Crippen molar-refractivity contribution in [3.8, 4) is 16.2 Å². The van der Waals surface area contributed by atoms with Gasteiger partial charge in [0.2, 0.25) is 17.8 Å². The molecule has 4 heterocycles. The maximum atomic E-state index is 15.2. The normalized spacial score (nSPS) is 20.7. The number of aryl methyl sites for hydroxylation is 1. The number of nitrogens with one attached hydrogen (secondary N) is 4. The van der Waals surface area contributed by atoms with E-state index in [4.69, 9.17) is 16.3 Å². The molecule has 2 aromatic carbocycles. The first-order valence-electron chi connectivity index (χ1n) is 23.5. The number of hydrogen-bond acceptors (Lipinski definition) is 13. The van der Waals surface area contributed by atoms with Crippen LogP contribution in [0.25, 0.3) is 10.4 Å². The monoisotopic (exact) mass is 988 g/mol. The first kappa shape index (κ1) is 49.4. The molecule has 4 fully saturated rings. The molecule has 4 aliphatic rings. The number of likely N-dealkylation sites (tertiary alicyclic amines) is 1. The fraction of sp³-hybridized carbons (Fsp3) is 0.531. The number of thiazole rings is 1. The van der Waals surface area contributed by atoms with Gasteiger partial charge in [-0.1, -0.05) is 35.9 Å². The van der Waals surface area contributed by atoms with Gasteiger partial charge in [0.05, 0.1) is 35.1 Å². The number of benzene rings is 2. The van der Waals surface area contributed by atoms with E-state index in [1.165, 1.54) is 6.20 Å². The van der Waals surface area contributed by atoms with E-state index in [1.54, 1.807) is 60.4 Å². The van der Waals surface area contributed by atoms with Crippen LogP contribution >= 0.6 is 34.7 Å². The third kappa shape index (κ3) is 11.5. The molecular weight excluding hydrogens is 927 g/mol. The van der Waals surface area contributed by atoms with E-state index >= 15 is 4.39 Å². The van der Waals surface area contributed by atoms with Crippen LogP contribution in [0.15, 0.2) is 54.2 Å². The topological polar surface area (TPSA) is 174 Å². The summed E-state index contributed by atoms with van der Waals surface area (Å²) in [5.74, 6) is 1.66. The second-order valence-electron chi connectivity index (χ2n) is 19.0. The van der Waals surface area contributed by atoms with Crippen molar-refractivity contribution >= 4 is 75.8 Å². The van der Waals surface area contributed by atoms with E-state index < -0.39 is 28.4 Å². The van der Waals surface area contributed by atoms with Gasteiger partial charge in [0.25, 0.3) is 11.8 Å². The van der Waals surface area contributed by atoms with Gasteiger partial charge >= 0.3 is 0 Å². The number of nitrogens with zero attached hydrogens (tertiary/aromatic N) is 6. The molecule has 15 nitrogen and oxygen atoms in total. The van der Waals surface area contributed by atoms with Crippen molar-refractivity contribution in [3.05, 3.63) is 76.0 Å². The van der Waals surface area contributed by atoms with Gasteiger partial charge in [-0.05, 0) is 113 Å². The molecular formula is C49H62ClFN10O5S2. The average Bonchev–Trinajstić information content (AvgIpc) is 3.68. The van der Waals surface area contributed by atoms with Gasteiger partial charge in [-0.25, -0.2) is 14.4 Å². The molecule has 0 radical (unpaired) electrons. The van der Waals surface area contributed by atoms with E-state index in [-0.39, 0.29) is 30.6 Å². The van der Waals surface area contributed by atoms with Gasteiger partial charge in [-0.3, -0.25) is 24.1 Å². The van der Waals surface area contributed by atoms with Crippen molar-refractivity contribution in [1.29, 1.82) is 0 Å². The molecule has 8 rings (SSSR count). The molecule has 0 bridgehead atoms.